The zero-order chi connectivity index (χ0) is 14.0. The van der Waals surface area contributed by atoms with E-state index in [2.05, 4.69) is 4.99 Å². The molecule has 0 spiro atoms. The average Bonchev–Trinajstić information content (AvgIpc) is 2.67. The summed E-state index contributed by atoms with van der Waals surface area (Å²) < 4.78 is 5.27. The number of rotatable bonds is 5. The Hall–Kier alpha value is -1.35. The SMILES string of the molecule is CC[NH+]1C(=O)C2=C(N=C1N)N(COCCO)CN2C.[Cl-]. The molecule has 1 atom stereocenters. The Morgan fingerprint density at radius 2 is 2.25 bits per heavy atom. The van der Waals surface area contributed by atoms with E-state index in [4.69, 9.17) is 15.6 Å². The van der Waals surface area contributed by atoms with E-state index in [-0.39, 0.29) is 44.2 Å². The van der Waals surface area contributed by atoms with Crippen LogP contribution in [-0.4, -0.2) is 67.0 Å². The summed E-state index contributed by atoms with van der Waals surface area (Å²) in [6.45, 7) is 3.47. The van der Waals surface area contributed by atoms with Gasteiger partial charge >= 0.3 is 11.9 Å². The van der Waals surface area contributed by atoms with Crippen LogP contribution in [0.1, 0.15) is 6.92 Å². The van der Waals surface area contributed by atoms with E-state index in [1.807, 2.05) is 23.8 Å². The molecule has 8 nitrogen and oxygen atoms in total. The zero-order valence-corrected chi connectivity index (χ0v) is 12.4. The highest BCUT2D eigenvalue weighted by molar-refractivity contribution is 5.96. The number of hydrogen-bond acceptors (Lipinski definition) is 7. The van der Waals surface area contributed by atoms with Crippen LogP contribution in [0.25, 0.3) is 0 Å². The van der Waals surface area contributed by atoms with Crippen molar-refractivity contribution in [3.8, 4) is 0 Å². The van der Waals surface area contributed by atoms with Crippen molar-refractivity contribution in [3.05, 3.63) is 11.5 Å². The number of ether oxygens (including phenoxy) is 1. The van der Waals surface area contributed by atoms with Gasteiger partial charge in [0.2, 0.25) is 0 Å². The molecule has 0 bridgehead atoms. The van der Waals surface area contributed by atoms with Gasteiger partial charge < -0.3 is 37.8 Å². The van der Waals surface area contributed by atoms with E-state index in [1.165, 1.54) is 0 Å². The van der Waals surface area contributed by atoms with E-state index in [1.54, 1.807) is 0 Å². The minimum Gasteiger partial charge on any atom is -1.00 e. The number of amides is 1. The number of nitrogens with two attached hydrogens (primary N) is 1. The zero-order valence-electron chi connectivity index (χ0n) is 11.6. The molecule has 0 saturated heterocycles. The van der Waals surface area contributed by atoms with Gasteiger partial charge in [-0.2, -0.15) is 4.99 Å². The van der Waals surface area contributed by atoms with Gasteiger partial charge in [-0.25, -0.2) is 9.69 Å². The maximum Gasteiger partial charge on any atom is 0.371 e. The number of aliphatic hydroxyl groups is 1. The van der Waals surface area contributed by atoms with Crippen molar-refractivity contribution in [1.82, 2.24) is 9.80 Å². The van der Waals surface area contributed by atoms with Gasteiger partial charge in [0.25, 0.3) is 0 Å². The fourth-order valence-electron chi connectivity index (χ4n) is 2.24. The molecular formula is C11H20ClN5O3. The summed E-state index contributed by atoms with van der Waals surface area (Å²) in [5, 5.41) is 8.70. The third kappa shape index (κ3) is 2.88. The maximum atomic E-state index is 12.3. The summed E-state index contributed by atoms with van der Waals surface area (Å²) in [6, 6.07) is 0. The summed E-state index contributed by atoms with van der Waals surface area (Å²) >= 11 is 0. The molecule has 0 radical (unpaired) electrons. The molecular weight excluding hydrogens is 286 g/mol. The highest BCUT2D eigenvalue weighted by Crippen LogP contribution is 2.24. The van der Waals surface area contributed by atoms with Crippen molar-refractivity contribution in [3.63, 3.8) is 0 Å². The number of carbonyl (C=O) groups excluding carboxylic acids is 1. The van der Waals surface area contributed by atoms with Crippen LogP contribution in [0.5, 0.6) is 0 Å². The fraction of sp³-hybridized carbons (Fsp3) is 0.636. The quantitative estimate of drug-likeness (QED) is 0.438. The molecule has 0 aromatic carbocycles. The Kier molecular flexibility index (Phi) is 5.75. The van der Waals surface area contributed by atoms with Gasteiger partial charge in [0.05, 0.1) is 26.4 Å². The predicted molar refractivity (Wildman–Crippen MR) is 67.5 cm³/mol. The summed E-state index contributed by atoms with van der Waals surface area (Å²) in [7, 11) is 1.84. The lowest BCUT2D eigenvalue weighted by Gasteiger charge is -2.21. The van der Waals surface area contributed by atoms with Crippen molar-refractivity contribution in [1.29, 1.82) is 0 Å². The largest absolute Gasteiger partial charge is 1.00 e. The summed E-state index contributed by atoms with van der Waals surface area (Å²) in [6.07, 6.45) is 0. The molecule has 2 aliphatic heterocycles. The lowest BCUT2D eigenvalue weighted by atomic mass is 10.3. The van der Waals surface area contributed by atoms with E-state index in [0.29, 0.717) is 29.6 Å². The third-order valence-electron chi connectivity index (χ3n) is 3.14. The van der Waals surface area contributed by atoms with Gasteiger partial charge in [-0.3, -0.25) is 0 Å². The normalized spacial score (nSPS) is 21.9. The molecule has 4 N–H and O–H groups in total. The third-order valence-corrected chi connectivity index (χ3v) is 3.14. The molecule has 0 aromatic rings. The van der Waals surface area contributed by atoms with Gasteiger partial charge in [-0.05, 0) is 6.92 Å². The van der Waals surface area contributed by atoms with Crippen LogP contribution in [0, 0.1) is 0 Å². The summed E-state index contributed by atoms with van der Waals surface area (Å²) in [5.74, 6) is 0.783. The Morgan fingerprint density at radius 1 is 1.55 bits per heavy atom. The van der Waals surface area contributed by atoms with Crippen LogP contribution < -0.4 is 23.0 Å². The molecule has 114 valence electrons. The fourth-order valence-corrected chi connectivity index (χ4v) is 2.24. The Bertz CT molecular complexity index is 440. The number of aliphatic hydroxyl groups excluding tert-OH is 1. The second-order valence-corrected chi connectivity index (χ2v) is 4.47. The smallest absolute Gasteiger partial charge is 0.371 e. The Morgan fingerprint density at radius 3 is 2.85 bits per heavy atom. The first-order chi connectivity index (χ1) is 9.10. The first-order valence-electron chi connectivity index (χ1n) is 6.24. The number of nitrogens with one attached hydrogen (secondary N) is 1. The standard InChI is InChI=1S/C11H19N5O3.ClH/c1-3-16-10(18)8-9(13-11(16)12)15(6-14(8)2)7-19-5-4-17;/h17H,3-7H2,1-2H3,(H2,12,13);1H. The number of aliphatic imine (C=N–C) groups is 1. The number of likely N-dealkylation sites (N-methyl/N-ethyl adjacent to an activating group) is 2. The number of quaternary nitrogens is 1. The van der Waals surface area contributed by atoms with Crippen molar-refractivity contribution in [2.24, 2.45) is 10.7 Å². The van der Waals surface area contributed by atoms with Gasteiger partial charge in [-0.1, -0.05) is 0 Å². The number of guanidine groups is 1. The van der Waals surface area contributed by atoms with Crippen LogP contribution in [0.15, 0.2) is 16.5 Å². The molecule has 0 saturated carbocycles. The topological polar surface area (TPSA) is 95.8 Å². The van der Waals surface area contributed by atoms with E-state index in [9.17, 15) is 4.79 Å². The van der Waals surface area contributed by atoms with Gasteiger partial charge in [0.1, 0.15) is 6.73 Å². The van der Waals surface area contributed by atoms with Crippen LogP contribution in [-0.2, 0) is 9.53 Å². The minimum absolute atomic E-state index is 0. The number of halogens is 1. The summed E-state index contributed by atoms with van der Waals surface area (Å²) in [4.78, 5) is 20.9. The number of nitrogens with zero attached hydrogens (tertiary/aromatic N) is 3. The van der Waals surface area contributed by atoms with Crippen molar-refractivity contribution in [2.75, 3.05) is 40.2 Å². The van der Waals surface area contributed by atoms with Crippen LogP contribution in [0.3, 0.4) is 0 Å². The molecule has 2 aliphatic rings. The highest BCUT2D eigenvalue weighted by Gasteiger charge is 2.42. The molecule has 0 aromatic heterocycles. The average molecular weight is 306 g/mol. The van der Waals surface area contributed by atoms with E-state index >= 15 is 0 Å². The molecule has 1 unspecified atom stereocenters. The van der Waals surface area contributed by atoms with Gasteiger partial charge in [0.15, 0.2) is 11.5 Å². The van der Waals surface area contributed by atoms with Gasteiger partial charge in [-0.15, -0.1) is 0 Å². The lowest BCUT2D eigenvalue weighted by Crippen LogP contribution is -3.19. The lowest BCUT2D eigenvalue weighted by molar-refractivity contribution is -0.719. The number of carbonyl (C=O) groups is 1. The number of hydrogen-bond donors (Lipinski definition) is 3. The maximum absolute atomic E-state index is 12.3. The van der Waals surface area contributed by atoms with Crippen molar-refractivity contribution < 1.29 is 31.9 Å². The predicted octanol–water partition coefficient (Wildman–Crippen LogP) is -5.91. The molecule has 0 aliphatic carbocycles. The monoisotopic (exact) mass is 305 g/mol. The van der Waals surface area contributed by atoms with E-state index < -0.39 is 0 Å². The van der Waals surface area contributed by atoms with Crippen LogP contribution in [0.2, 0.25) is 0 Å². The van der Waals surface area contributed by atoms with E-state index in [0.717, 1.165) is 0 Å². The first kappa shape index (κ1) is 16.7. The molecule has 2 heterocycles. The van der Waals surface area contributed by atoms with Crippen molar-refractivity contribution in [2.45, 2.75) is 6.92 Å². The second-order valence-electron chi connectivity index (χ2n) is 4.47. The minimum atomic E-state index is -0.0582. The van der Waals surface area contributed by atoms with Crippen LogP contribution in [0.4, 0.5) is 0 Å². The highest BCUT2D eigenvalue weighted by atomic mass is 35.5. The Balaban J connectivity index is 0.00000200. The first-order valence-corrected chi connectivity index (χ1v) is 6.24. The molecule has 20 heavy (non-hydrogen) atoms. The molecule has 1 amide bonds. The Labute approximate surface area is 123 Å². The molecule has 0 fully saturated rings. The second kappa shape index (κ2) is 6.89. The molecule has 9 heteroatoms. The van der Waals surface area contributed by atoms with Crippen molar-refractivity contribution >= 4 is 11.9 Å². The van der Waals surface area contributed by atoms with Gasteiger partial charge in [0, 0.05) is 7.05 Å². The van der Waals surface area contributed by atoms with Crippen LogP contribution >= 0.6 is 0 Å². The summed E-state index contributed by atoms with van der Waals surface area (Å²) in [5.41, 5.74) is 6.40. The molecule has 2 rings (SSSR count).